The molecule has 1 aliphatic rings. The molecule has 8 heteroatoms. The summed E-state index contributed by atoms with van der Waals surface area (Å²) in [5, 5.41) is 7.67. The summed E-state index contributed by atoms with van der Waals surface area (Å²) in [6.07, 6.45) is 1.31. The van der Waals surface area contributed by atoms with Crippen molar-refractivity contribution in [3.8, 4) is 0 Å². The molecule has 1 saturated heterocycles. The molecule has 7 nitrogen and oxygen atoms in total. The lowest BCUT2D eigenvalue weighted by atomic mass is 10.2. The summed E-state index contributed by atoms with van der Waals surface area (Å²) in [6, 6.07) is 10.4. The quantitative estimate of drug-likeness (QED) is 0.486. The highest BCUT2D eigenvalue weighted by Crippen LogP contribution is 2.17. The second-order valence-corrected chi connectivity index (χ2v) is 8.93. The van der Waals surface area contributed by atoms with Crippen molar-refractivity contribution in [2.24, 2.45) is 4.99 Å². The Labute approximate surface area is 189 Å². The lowest BCUT2D eigenvalue weighted by Crippen LogP contribution is -2.49. The molecule has 31 heavy (non-hydrogen) atoms. The maximum absolute atomic E-state index is 12.6. The average Bonchev–Trinajstić information content (AvgIpc) is 3.11. The van der Waals surface area contributed by atoms with Crippen LogP contribution in [-0.2, 0) is 11.2 Å². The first-order valence-corrected chi connectivity index (χ1v) is 11.9. The van der Waals surface area contributed by atoms with E-state index in [0.29, 0.717) is 19.5 Å². The van der Waals surface area contributed by atoms with Gasteiger partial charge in [0.1, 0.15) is 0 Å². The van der Waals surface area contributed by atoms with Gasteiger partial charge >= 0.3 is 0 Å². The molecule has 2 heterocycles. The molecule has 1 fully saturated rings. The predicted octanol–water partition coefficient (Wildman–Crippen LogP) is 2.60. The van der Waals surface area contributed by atoms with E-state index in [2.05, 4.69) is 56.7 Å². The number of aromatic nitrogens is 1. The van der Waals surface area contributed by atoms with Gasteiger partial charge in [0.2, 0.25) is 5.91 Å². The Hall–Kier alpha value is -2.61. The Morgan fingerprint density at radius 2 is 1.87 bits per heavy atom. The number of carbonyl (C=O) groups excluding carboxylic acids is 1. The van der Waals surface area contributed by atoms with Crippen LogP contribution in [0, 0.1) is 13.8 Å². The van der Waals surface area contributed by atoms with Gasteiger partial charge in [-0.2, -0.15) is 0 Å². The molecule has 0 spiro atoms. The molecule has 1 aromatic heterocycles. The van der Waals surface area contributed by atoms with Crippen LogP contribution >= 0.6 is 11.3 Å². The van der Waals surface area contributed by atoms with Gasteiger partial charge in [-0.15, -0.1) is 11.3 Å². The number of guanidine groups is 1. The van der Waals surface area contributed by atoms with Crippen molar-refractivity contribution in [1.29, 1.82) is 0 Å². The second-order valence-electron chi connectivity index (χ2n) is 7.64. The molecule has 2 aromatic rings. The van der Waals surface area contributed by atoms with E-state index in [1.54, 1.807) is 11.3 Å². The topological polar surface area (TPSA) is 72.9 Å². The number of rotatable bonds is 8. The fourth-order valence-corrected chi connectivity index (χ4v) is 4.47. The van der Waals surface area contributed by atoms with E-state index in [0.717, 1.165) is 55.8 Å². The van der Waals surface area contributed by atoms with Crippen LogP contribution in [0.2, 0.25) is 0 Å². The number of piperazine rings is 1. The molecular weight excluding hydrogens is 408 g/mol. The number of aliphatic imine (C=N–C) groups is 1. The predicted molar refractivity (Wildman–Crippen MR) is 129 cm³/mol. The van der Waals surface area contributed by atoms with Crippen LogP contribution < -0.4 is 15.5 Å². The third kappa shape index (κ3) is 6.95. The number of amides is 1. The average molecular weight is 443 g/mol. The van der Waals surface area contributed by atoms with Gasteiger partial charge in [0, 0.05) is 69.2 Å². The van der Waals surface area contributed by atoms with Crippen molar-refractivity contribution in [1.82, 2.24) is 20.5 Å². The Morgan fingerprint density at radius 3 is 2.52 bits per heavy atom. The van der Waals surface area contributed by atoms with E-state index < -0.39 is 0 Å². The number of nitrogens with one attached hydrogen (secondary N) is 2. The molecular formula is C23H34N6OS. The molecule has 0 aliphatic carbocycles. The van der Waals surface area contributed by atoms with Crippen molar-refractivity contribution < 1.29 is 4.79 Å². The normalized spacial score (nSPS) is 14.6. The molecule has 0 unspecified atom stereocenters. The van der Waals surface area contributed by atoms with E-state index in [1.165, 1.54) is 10.6 Å². The molecule has 0 saturated carbocycles. The number of carbonyl (C=O) groups is 1. The van der Waals surface area contributed by atoms with Crippen LogP contribution in [0.3, 0.4) is 0 Å². The Kier molecular flexibility index (Phi) is 8.70. The summed E-state index contributed by atoms with van der Waals surface area (Å²) in [5.74, 6) is 0.957. The minimum Gasteiger partial charge on any atom is -0.368 e. The van der Waals surface area contributed by atoms with Gasteiger partial charge in [0.05, 0.1) is 10.7 Å². The number of thiazole rings is 1. The lowest BCUT2D eigenvalue weighted by Gasteiger charge is -2.36. The van der Waals surface area contributed by atoms with E-state index in [4.69, 9.17) is 0 Å². The third-order valence-corrected chi connectivity index (χ3v) is 6.53. The fourth-order valence-electron chi connectivity index (χ4n) is 3.55. The van der Waals surface area contributed by atoms with E-state index in [-0.39, 0.29) is 5.91 Å². The minimum atomic E-state index is 0.199. The first kappa shape index (κ1) is 23.1. The van der Waals surface area contributed by atoms with E-state index in [9.17, 15) is 4.79 Å². The highest BCUT2D eigenvalue weighted by molar-refractivity contribution is 7.11. The standard InChI is InChI=1S/C23H34N6OS/c1-4-24-23(25-12-10-21-27-18(2)19(3)31-21)26-13-11-22(30)29-16-14-28(15-17-29)20-8-6-5-7-9-20/h5-9H,4,10-17H2,1-3H3,(H2,24,25,26). The lowest BCUT2D eigenvalue weighted by molar-refractivity contribution is -0.131. The fraction of sp³-hybridized carbons (Fsp3) is 0.522. The highest BCUT2D eigenvalue weighted by atomic mass is 32.1. The van der Waals surface area contributed by atoms with Crippen LogP contribution in [0.5, 0.6) is 0 Å². The zero-order chi connectivity index (χ0) is 22.1. The Bertz CT molecular complexity index is 839. The number of hydrogen-bond donors (Lipinski definition) is 2. The first-order chi connectivity index (χ1) is 15.1. The van der Waals surface area contributed by atoms with E-state index in [1.807, 2.05) is 24.8 Å². The van der Waals surface area contributed by atoms with Crippen molar-refractivity contribution in [3.63, 3.8) is 0 Å². The maximum Gasteiger partial charge on any atom is 0.224 e. The second kappa shape index (κ2) is 11.7. The van der Waals surface area contributed by atoms with Crippen LogP contribution in [0.4, 0.5) is 5.69 Å². The van der Waals surface area contributed by atoms with E-state index >= 15 is 0 Å². The van der Waals surface area contributed by atoms with Crippen molar-refractivity contribution >= 4 is 28.9 Å². The van der Waals surface area contributed by atoms with Gasteiger partial charge in [-0.05, 0) is 32.9 Å². The van der Waals surface area contributed by atoms with Gasteiger partial charge in [0.25, 0.3) is 0 Å². The molecule has 0 bridgehead atoms. The summed E-state index contributed by atoms with van der Waals surface area (Å²) in [4.78, 5) is 27.4. The van der Waals surface area contributed by atoms with Crippen LogP contribution in [-0.4, -0.2) is 67.6 Å². The number of aryl methyl sites for hydroxylation is 2. The van der Waals surface area contributed by atoms with Crippen molar-refractivity contribution in [2.75, 3.05) is 50.7 Å². The minimum absolute atomic E-state index is 0.199. The molecule has 168 valence electrons. The van der Waals surface area contributed by atoms with Crippen LogP contribution in [0.15, 0.2) is 35.3 Å². The van der Waals surface area contributed by atoms with Crippen LogP contribution in [0.1, 0.15) is 28.9 Å². The summed E-state index contributed by atoms with van der Waals surface area (Å²) >= 11 is 1.74. The number of para-hydroxylation sites is 1. The monoisotopic (exact) mass is 442 g/mol. The highest BCUT2D eigenvalue weighted by Gasteiger charge is 2.20. The molecule has 0 radical (unpaired) electrons. The number of nitrogens with zero attached hydrogens (tertiary/aromatic N) is 4. The summed E-state index contributed by atoms with van der Waals surface area (Å²) in [5.41, 5.74) is 2.34. The Balaban J connectivity index is 1.39. The molecule has 1 aromatic carbocycles. The van der Waals surface area contributed by atoms with Crippen molar-refractivity contribution in [3.05, 3.63) is 45.9 Å². The first-order valence-electron chi connectivity index (χ1n) is 11.1. The van der Waals surface area contributed by atoms with Gasteiger partial charge in [-0.25, -0.2) is 4.98 Å². The zero-order valence-electron chi connectivity index (χ0n) is 18.9. The largest absolute Gasteiger partial charge is 0.368 e. The smallest absolute Gasteiger partial charge is 0.224 e. The van der Waals surface area contributed by atoms with Crippen molar-refractivity contribution in [2.45, 2.75) is 33.6 Å². The number of hydrogen-bond acceptors (Lipinski definition) is 5. The summed E-state index contributed by atoms with van der Waals surface area (Å²) in [6.45, 7) is 11.5. The maximum atomic E-state index is 12.6. The van der Waals surface area contributed by atoms with Gasteiger partial charge in [-0.3, -0.25) is 9.79 Å². The van der Waals surface area contributed by atoms with Gasteiger partial charge in [-0.1, -0.05) is 18.2 Å². The Morgan fingerprint density at radius 1 is 1.13 bits per heavy atom. The molecule has 0 atom stereocenters. The van der Waals surface area contributed by atoms with Gasteiger partial charge in [0.15, 0.2) is 5.96 Å². The summed E-state index contributed by atoms with van der Waals surface area (Å²) < 4.78 is 0. The summed E-state index contributed by atoms with van der Waals surface area (Å²) in [7, 11) is 0. The molecule has 2 N–H and O–H groups in total. The number of anilines is 1. The molecule has 1 amide bonds. The third-order valence-electron chi connectivity index (χ3n) is 5.40. The molecule has 1 aliphatic heterocycles. The zero-order valence-corrected chi connectivity index (χ0v) is 19.7. The molecule has 3 rings (SSSR count). The van der Waals surface area contributed by atoms with Crippen LogP contribution in [0.25, 0.3) is 0 Å². The number of benzene rings is 1. The van der Waals surface area contributed by atoms with Gasteiger partial charge < -0.3 is 20.4 Å². The SMILES string of the molecule is CCNC(=NCCc1nc(C)c(C)s1)NCCC(=O)N1CCN(c2ccccc2)CC1.